The van der Waals surface area contributed by atoms with Crippen LogP contribution >= 0.6 is 11.6 Å². The van der Waals surface area contributed by atoms with E-state index in [4.69, 9.17) is 16.3 Å². The third kappa shape index (κ3) is 3.25. The molecule has 6 heteroatoms. The van der Waals surface area contributed by atoms with E-state index < -0.39 is 12.0 Å². The van der Waals surface area contributed by atoms with Crippen molar-refractivity contribution in [1.82, 2.24) is 10.2 Å². The van der Waals surface area contributed by atoms with Crippen LogP contribution in [0.4, 0.5) is 4.79 Å². The molecule has 1 aliphatic rings. The number of hydrogen-bond donors (Lipinski definition) is 1. The fourth-order valence-electron chi connectivity index (χ4n) is 2.28. The van der Waals surface area contributed by atoms with E-state index in [-0.39, 0.29) is 6.03 Å². The molecule has 1 atom stereocenters. The van der Waals surface area contributed by atoms with Gasteiger partial charge in [-0.3, -0.25) is 0 Å². The summed E-state index contributed by atoms with van der Waals surface area (Å²) in [6, 6.07) is 6.24. The van der Waals surface area contributed by atoms with Crippen LogP contribution in [-0.4, -0.2) is 30.6 Å². The highest BCUT2D eigenvalue weighted by atomic mass is 35.5. The molecule has 0 radical (unpaired) electrons. The molecular formula is C16H19ClN2O3. The first-order chi connectivity index (χ1) is 10.5. The monoisotopic (exact) mass is 322 g/mol. The van der Waals surface area contributed by atoms with Crippen molar-refractivity contribution in [2.75, 3.05) is 13.7 Å². The van der Waals surface area contributed by atoms with Gasteiger partial charge < -0.3 is 15.0 Å². The van der Waals surface area contributed by atoms with Gasteiger partial charge in [0.25, 0.3) is 0 Å². The van der Waals surface area contributed by atoms with Gasteiger partial charge in [0.1, 0.15) is 0 Å². The number of allylic oxidation sites excluding steroid dienone is 1. The van der Waals surface area contributed by atoms with Crippen molar-refractivity contribution in [2.45, 2.75) is 26.3 Å². The first kappa shape index (κ1) is 16.4. The Morgan fingerprint density at radius 1 is 1.36 bits per heavy atom. The van der Waals surface area contributed by atoms with Crippen LogP contribution in [0.25, 0.3) is 0 Å². The zero-order valence-electron chi connectivity index (χ0n) is 12.9. The third-order valence-electron chi connectivity index (χ3n) is 3.61. The van der Waals surface area contributed by atoms with E-state index in [1.54, 1.807) is 38.2 Å². The molecule has 1 unspecified atom stereocenters. The molecule has 0 bridgehead atoms. The van der Waals surface area contributed by atoms with Gasteiger partial charge in [-0.15, -0.1) is 0 Å². The second-order valence-electron chi connectivity index (χ2n) is 5.13. The van der Waals surface area contributed by atoms with Crippen LogP contribution in [-0.2, 0) is 9.53 Å². The summed E-state index contributed by atoms with van der Waals surface area (Å²) in [5, 5.41) is 3.42. The molecule has 2 rings (SSSR count). The third-order valence-corrected chi connectivity index (χ3v) is 3.87. The molecule has 1 N–H and O–H groups in total. The molecule has 1 aromatic rings. The predicted molar refractivity (Wildman–Crippen MR) is 84.4 cm³/mol. The second kappa shape index (κ2) is 6.83. The second-order valence-corrected chi connectivity index (χ2v) is 5.56. The molecule has 0 saturated heterocycles. The lowest BCUT2D eigenvalue weighted by molar-refractivity contribution is -0.139. The van der Waals surface area contributed by atoms with Gasteiger partial charge in [-0.25, -0.2) is 9.59 Å². The van der Waals surface area contributed by atoms with Gasteiger partial charge in [0, 0.05) is 17.8 Å². The number of esters is 1. The van der Waals surface area contributed by atoms with Crippen LogP contribution in [0, 0.1) is 0 Å². The van der Waals surface area contributed by atoms with Crippen molar-refractivity contribution in [2.24, 2.45) is 0 Å². The fraction of sp³-hybridized carbons (Fsp3) is 0.375. The quantitative estimate of drug-likeness (QED) is 0.866. The van der Waals surface area contributed by atoms with Crippen molar-refractivity contribution in [3.8, 4) is 0 Å². The number of amides is 2. The Kier molecular flexibility index (Phi) is 5.08. The van der Waals surface area contributed by atoms with Crippen LogP contribution in [0.1, 0.15) is 31.9 Å². The average molecular weight is 323 g/mol. The topological polar surface area (TPSA) is 58.6 Å². The van der Waals surface area contributed by atoms with Crippen LogP contribution < -0.4 is 5.32 Å². The molecule has 0 fully saturated rings. The summed E-state index contributed by atoms with van der Waals surface area (Å²) in [6.07, 6.45) is 0.742. The number of nitrogens with one attached hydrogen (secondary N) is 1. The Bertz CT molecular complexity index is 610. The van der Waals surface area contributed by atoms with Crippen molar-refractivity contribution >= 4 is 23.6 Å². The summed E-state index contributed by atoms with van der Waals surface area (Å²) in [4.78, 5) is 25.8. The summed E-state index contributed by atoms with van der Waals surface area (Å²) in [5.74, 6) is -0.411. The number of urea groups is 1. The van der Waals surface area contributed by atoms with Crippen LogP contribution in [0.15, 0.2) is 35.5 Å². The molecule has 118 valence electrons. The molecule has 0 aliphatic carbocycles. The number of halogens is 1. The predicted octanol–water partition coefficient (Wildman–Crippen LogP) is 3.26. The number of carbonyl (C=O) groups is 2. The first-order valence-electron chi connectivity index (χ1n) is 7.13. The average Bonchev–Trinajstić information content (AvgIpc) is 2.50. The van der Waals surface area contributed by atoms with Crippen molar-refractivity contribution in [1.29, 1.82) is 0 Å². The molecule has 5 nitrogen and oxygen atoms in total. The number of benzene rings is 1. The van der Waals surface area contributed by atoms with Crippen LogP contribution in [0.2, 0.25) is 5.02 Å². The van der Waals surface area contributed by atoms with Gasteiger partial charge in [0.05, 0.1) is 18.2 Å². The lowest BCUT2D eigenvalue weighted by Gasteiger charge is -2.33. The van der Waals surface area contributed by atoms with Crippen molar-refractivity contribution < 1.29 is 14.3 Å². The SMILES string of the molecule is CCCOC(=O)C1=C(C)N(C)C(=O)NC1c1ccc(Cl)cc1. The zero-order valence-corrected chi connectivity index (χ0v) is 13.6. The highest BCUT2D eigenvalue weighted by molar-refractivity contribution is 6.30. The Balaban J connectivity index is 2.42. The molecule has 1 aliphatic heterocycles. The van der Waals surface area contributed by atoms with E-state index in [0.717, 1.165) is 12.0 Å². The molecule has 0 spiro atoms. The Hall–Kier alpha value is -2.01. The van der Waals surface area contributed by atoms with Gasteiger partial charge in [-0.2, -0.15) is 0 Å². The molecule has 2 amide bonds. The first-order valence-corrected chi connectivity index (χ1v) is 7.51. The van der Waals surface area contributed by atoms with Crippen molar-refractivity contribution in [3.05, 3.63) is 46.1 Å². The Labute approximate surface area is 134 Å². The minimum absolute atomic E-state index is 0.260. The highest BCUT2D eigenvalue weighted by Gasteiger charge is 2.34. The number of rotatable bonds is 4. The molecule has 1 aromatic carbocycles. The summed E-state index contributed by atoms with van der Waals surface area (Å²) < 4.78 is 5.26. The van der Waals surface area contributed by atoms with E-state index in [1.807, 2.05) is 6.92 Å². The van der Waals surface area contributed by atoms with Crippen LogP contribution in [0.5, 0.6) is 0 Å². The molecule has 1 heterocycles. The van der Waals surface area contributed by atoms with E-state index in [2.05, 4.69) is 5.32 Å². The van der Waals surface area contributed by atoms with Gasteiger partial charge in [0.15, 0.2) is 0 Å². The fourth-order valence-corrected chi connectivity index (χ4v) is 2.40. The Morgan fingerprint density at radius 3 is 2.59 bits per heavy atom. The van der Waals surface area contributed by atoms with E-state index in [0.29, 0.717) is 22.9 Å². The van der Waals surface area contributed by atoms with Gasteiger partial charge >= 0.3 is 12.0 Å². The number of ether oxygens (including phenoxy) is 1. The molecule has 0 saturated carbocycles. The lowest BCUT2D eigenvalue weighted by atomic mass is 9.95. The maximum absolute atomic E-state index is 12.4. The molecule has 0 aromatic heterocycles. The van der Waals surface area contributed by atoms with E-state index in [1.165, 1.54) is 4.90 Å². The maximum Gasteiger partial charge on any atom is 0.338 e. The summed E-state index contributed by atoms with van der Waals surface area (Å²) in [7, 11) is 1.62. The largest absolute Gasteiger partial charge is 0.462 e. The lowest BCUT2D eigenvalue weighted by Crippen LogP contribution is -2.46. The molecule has 22 heavy (non-hydrogen) atoms. The maximum atomic E-state index is 12.4. The minimum Gasteiger partial charge on any atom is -0.462 e. The van der Waals surface area contributed by atoms with E-state index in [9.17, 15) is 9.59 Å². The van der Waals surface area contributed by atoms with Gasteiger partial charge in [-0.1, -0.05) is 30.7 Å². The standard InChI is InChI=1S/C16H19ClN2O3/c1-4-9-22-15(20)13-10(2)19(3)16(21)18-14(13)11-5-7-12(17)8-6-11/h5-8,14H,4,9H2,1-3H3,(H,18,21). The summed E-state index contributed by atoms with van der Waals surface area (Å²) >= 11 is 5.90. The van der Waals surface area contributed by atoms with E-state index >= 15 is 0 Å². The number of carbonyl (C=O) groups excluding carboxylic acids is 2. The Morgan fingerprint density at radius 2 is 2.00 bits per heavy atom. The highest BCUT2D eigenvalue weighted by Crippen LogP contribution is 2.31. The molecular weight excluding hydrogens is 304 g/mol. The number of nitrogens with zero attached hydrogens (tertiary/aromatic N) is 1. The smallest absolute Gasteiger partial charge is 0.338 e. The summed E-state index contributed by atoms with van der Waals surface area (Å²) in [5.41, 5.74) is 1.82. The van der Waals surface area contributed by atoms with Crippen LogP contribution in [0.3, 0.4) is 0 Å². The number of hydrogen-bond acceptors (Lipinski definition) is 3. The summed E-state index contributed by atoms with van der Waals surface area (Å²) in [6.45, 7) is 4.02. The normalized spacial score (nSPS) is 18.3. The minimum atomic E-state index is -0.537. The zero-order chi connectivity index (χ0) is 16.3. The van der Waals surface area contributed by atoms with Crippen molar-refractivity contribution in [3.63, 3.8) is 0 Å². The van der Waals surface area contributed by atoms with Gasteiger partial charge in [0.2, 0.25) is 0 Å². The van der Waals surface area contributed by atoms with Gasteiger partial charge in [-0.05, 0) is 31.0 Å².